The molecule has 2 aromatic heterocycles. The van der Waals surface area contributed by atoms with Crippen LogP contribution < -0.4 is 4.90 Å². The molecule has 2 fully saturated rings. The zero-order valence-electron chi connectivity index (χ0n) is 12.7. The summed E-state index contributed by atoms with van der Waals surface area (Å²) < 4.78 is 28.3. The fraction of sp³-hybridized carbons (Fsp3) is 0.500. The molecule has 5 nitrogen and oxygen atoms in total. The van der Waals surface area contributed by atoms with Crippen LogP contribution in [-0.2, 0) is 0 Å². The number of aromatic nitrogens is 2. The van der Waals surface area contributed by atoms with Crippen molar-refractivity contribution in [2.24, 2.45) is 0 Å². The average molecular weight is 320 g/mol. The molecular formula is C16H18F2N4O. The molecule has 0 spiro atoms. The Morgan fingerprint density at radius 1 is 1.22 bits per heavy atom. The molecule has 2 aromatic rings. The van der Waals surface area contributed by atoms with Crippen LogP contribution in [0.25, 0.3) is 5.52 Å². The molecule has 0 radical (unpaired) electrons. The number of rotatable bonds is 2. The number of alkyl halides is 2. The largest absolute Gasteiger partial charge is 0.371 e. The van der Waals surface area contributed by atoms with Crippen molar-refractivity contribution in [3.8, 4) is 0 Å². The smallest absolute Gasteiger partial charge is 0.267 e. The fourth-order valence-electron chi connectivity index (χ4n) is 3.39. The lowest BCUT2D eigenvalue weighted by Gasteiger charge is -2.18. The molecule has 0 atom stereocenters. The number of carbonyl (C=O) groups is 1. The van der Waals surface area contributed by atoms with Crippen LogP contribution >= 0.6 is 0 Å². The minimum Gasteiger partial charge on any atom is -0.371 e. The van der Waals surface area contributed by atoms with Crippen molar-refractivity contribution >= 4 is 17.1 Å². The Morgan fingerprint density at radius 3 is 2.70 bits per heavy atom. The first-order chi connectivity index (χ1) is 11.0. The van der Waals surface area contributed by atoms with Gasteiger partial charge in [-0.15, -0.1) is 0 Å². The van der Waals surface area contributed by atoms with Gasteiger partial charge in [-0.25, -0.2) is 13.3 Å². The maximum Gasteiger partial charge on any atom is 0.267 e. The van der Waals surface area contributed by atoms with Crippen LogP contribution in [0.3, 0.4) is 0 Å². The number of hydrogen-bond acceptors (Lipinski definition) is 3. The third-order valence-corrected chi connectivity index (χ3v) is 4.66. The second kappa shape index (κ2) is 5.18. The van der Waals surface area contributed by atoms with Crippen molar-refractivity contribution < 1.29 is 13.6 Å². The first-order valence-corrected chi connectivity index (χ1v) is 7.93. The minimum absolute atomic E-state index is 0.0923. The van der Waals surface area contributed by atoms with E-state index in [1.54, 1.807) is 4.52 Å². The first kappa shape index (κ1) is 14.4. The maximum atomic E-state index is 13.4. The number of nitrogens with zero attached hydrogens (tertiary/aromatic N) is 4. The molecule has 0 bridgehead atoms. The number of likely N-dealkylation sites (tertiary alicyclic amines) is 1. The number of amides is 1. The van der Waals surface area contributed by atoms with Gasteiger partial charge >= 0.3 is 0 Å². The zero-order valence-corrected chi connectivity index (χ0v) is 12.7. The molecule has 0 N–H and O–H groups in total. The Kier molecular flexibility index (Phi) is 3.25. The van der Waals surface area contributed by atoms with Crippen molar-refractivity contribution in [3.05, 3.63) is 30.1 Å². The van der Waals surface area contributed by atoms with Gasteiger partial charge < -0.3 is 9.80 Å². The van der Waals surface area contributed by atoms with Gasteiger partial charge in [0.1, 0.15) is 0 Å². The fourth-order valence-corrected chi connectivity index (χ4v) is 3.39. The third-order valence-electron chi connectivity index (χ3n) is 4.66. The number of carbonyl (C=O) groups excluding carboxylic acids is 1. The normalized spacial score (nSPS) is 20.6. The highest BCUT2D eigenvalue weighted by Crippen LogP contribution is 2.29. The van der Waals surface area contributed by atoms with E-state index in [0.29, 0.717) is 11.1 Å². The van der Waals surface area contributed by atoms with Crippen LogP contribution in [0.4, 0.5) is 14.5 Å². The monoisotopic (exact) mass is 320 g/mol. The first-order valence-electron chi connectivity index (χ1n) is 7.93. The molecule has 7 heteroatoms. The van der Waals surface area contributed by atoms with Crippen molar-refractivity contribution in [2.45, 2.75) is 25.2 Å². The summed E-state index contributed by atoms with van der Waals surface area (Å²) in [5, 5.41) is 4.18. The predicted molar refractivity (Wildman–Crippen MR) is 82.1 cm³/mol. The molecule has 0 aliphatic carbocycles. The molecule has 0 saturated carbocycles. The lowest BCUT2D eigenvalue weighted by molar-refractivity contribution is 0.0120. The molecule has 2 aliphatic heterocycles. The van der Waals surface area contributed by atoms with Crippen LogP contribution in [-0.4, -0.2) is 52.5 Å². The molecule has 2 saturated heterocycles. The van der Waals surface area contributed by atoms with Gasteiger partial charge in [0, 0.05) is 37.9 Å². The standard InChI is InChI=1S/C16H18F2N4O/c17-16(18)4-8-21(11-16)15(23)13-10-19-22-7-3-12(9-14(13)22)20-5-1-2-6-20/h3,7,9-10H,1-2,4-6,8,11H2. The summed E-state index contributed by atoms with van der Waals surface area (Å²) in [7, 11) is 0. The van der Waals surface area contributed by atoms with Gasteiger partial charge in [0.25, 0.3) is 11.8 Å². The molecular weight excluding hydrogens is 302 g/mol. The maximum absolute atomic E-state index is 13.4. The predicted octanol–water partition coefficient (Wildman–Crippen LogP) is 2.42. The summed E-state index contributed by atoms with van der Waals surface area (Å²) in [6.07, 6.45) is 5.36. The Bertz CT molecular complexity index is 752. The van der Waals surface area contributed by atoms with Crippen LogP contribution in [0.5, 0.6) is 0 Å². The van der Waals surface area contributed by atoms with E-state index < -0.39 is 12.5 Å². The number of anilines is 1. The Morgan fingerprint density at radius 2 is 2.00 bits per heavy atom. The Hall–Kier alpha value is -2.18. The highest BCUT2D eigenvalue weighted by Gasteiger charge is 2.41. The van der Waals surface area contributed by atoms with E-state index in [2.05, 4.69) is 10.00 Å². The van der Waals surface area contributed by atoms with Gasteiger partial charge in [-0.2, -0.15) is 5.10 Å². The van der Waals surface area contributed by atoms with Crippen molar-refractivity contribution in [1.29, 1.82) is 0 Å². The molecule has 0 unspecified atom stereocenters. The summed E-state index contributed by atoms with van der Waals surface area (Å²) in [6, 6.07) is 3.91. The molecule has 4 heterocycles. The van der Waals surface area contributed by atoms with E-state index in [-0.39, 0.29) is 18.9 Å². The Balaban J connectivity index is 1.67. The van der Waals surface area contributed by atoms with E-state index in [0.717, 1.165) is 18.8 Å². The molecule has 0 aromatic carbocycles. The number of hydrogen-bond donors (Lipinski definition) is 0. The van der Waals surface area contributed by atoms with E-state index in [4.69, 9.17) is 0 Å². The molecule has 23 heavy (non-hydrogen) atoms. The highest BCUT2D eigenvalue weighted by atomic mass is 19.3. The Labute approximate surface area is 132 Å². The highest BCUT2D eigenvalue weighted by molar-refractivity contribution is 6.01. The van der Waals surface area contributed by atoms with Crippen molar-refractivity contribution in [1.82, 2.24) is 14.5 Å². The molecule has 4 rings (SSSR count). The molecule has 2 aliphatic rings. The molecule has 1 amide bonds. The second-order valence-electron chi connectivity index (χ2n) is 6.30. The van der Waals surface area contributed by atoms with Gasteiger partial charge in [0.15, 0.2) is 0 Å². The summed E-state index contributed by atoms with van der Waals surface area (Å²) in [5.74, 6) is -3.14. The van der Waals surface area contributed by atoms with Crippen LogP contribution in [0.15, 0.2) is 24.5 Å². The van der Waals surface area contributed by atoms with Gasteiger partial charge in [-0.3, -0.25) is 4.79 Å². The summed E-state index contributed by atoms with van der Waals surface area (Å²) in [5.41, 5.74) is 2.12. The van der Waals surface area contributed by atoms with Crippen LogP contribution in [0.1, 0.15) is 29.6 Å². The second-order valence-corrected chi connectivity index (χ2v) is 6.30. The lowest BCUT2D eigenvalue weighted by atomic mass is 10.2. The van der Waals surface area contributed by atoms with Crippen LogP contribution in [0.2, 0.25) is 0 Å². The summed E-state index contributed by atoms with van der Waals surface area (Å²) in [6.45, 7) is 1.60. The van der Waals surface area contributed by atoms with Crippen LogP contribution in [0, 0.1) is 0 Å². The van der Waals surface area contributed by atoms with Gasteiger partial charge in [0.05, 0.1) is 23.8 Å². The lowest BCUT2D eigenvalue weighted by Crippen LogP contribution is -2.31. The third kappa shape index (κ3) is 2.54. The minimum atomic E-state index is -2.78. The summed E-state index contributed by atoms with van der Waals surface area (Å²) in [4.78, 5) is 16.1. The summed E-state index contributed by atoms with van der Waals surface area (Å²) >= 11 is 0. The van der Waals surface area contributed by atoms with Gasteiger partial charge in [-0.1, -0.05) is 0 Å². The van der Waals surface area contributed by atoms with E-state index in [9.17, 15) is 13.6 Å². The number of halogens is 2. The number of fused-ring (bicyclic) bond motifs is 1. The molecule has 122 valence electrons. The number of pyridine rings is 1. The van der Waals surface area contributed by atoms with Crippen molar-refractivity contribution in [2.75, 3.05) is 31.1 Å². The van der Waals surface area contributed by atoms with E-state index in [1.165, 1.54) is 23.9 Å². The van der Waals surface area contributed by atoms with Crippen molar-refractivity contribution in [3.63, 3.8) is 0 Å². The van der Waals surface area contributed by atoms with Gasteiger partial charge in [0.2, 0.25) is 0 Å². The van der Waals surface area contributed by atoms with E-state index in [1.807, 2.05) is 18.3 Å². The quantitative estimate of drug-likeness (QED) is 0.853. The van der Waals surface area contributed by atoms with E-state index >= 15 is 0 Å². The topological polar surface area (TPSA) is 40.9 Å². The SMILES string of the molecule is O=C(c1cnn2ccc(N3CCCC3)cc12)N1CCC(F)(F)C1. The average Bonchev–Trinajstić information content (AvgIpc) is 3.24. The zero-order chi connectivity index (χ0) is 16.0. The van der Waals surface area contributed by atoms with Gasteiger partial charge in [-0.05, 0) is 25.0 Å².